The van der Waals surface area contributed by atoms with Crippen molar-refractivity contribution in [3.8, 4) is 0 Å². The molecular weight excluding hydrogens is 146 g/mol. The van der Waals surface area contributed by atoms with Gasteiger partial charge in [-0.2, -0.15) is 0 Å². The van der Waals surface area contributed by atoms with E-state index in [1.54, 1.807) is 0 Å². The first-order valence-corrected chi connectivity index (χ1v) is 4.19. The highest BCUT2D eigenvalue weighted by atomic mass is 15.0. The Kier molecular flexibility index (Phi) is 4.46. The van der Waals surface area contributed by atoms with E-state index in [9.17, 15) is 0 Å². The van der Waals surface area contributed by atoms with Crippen LogP contribution in [0.4, 0.5) is 0 Å². The van der Waals surface area contributed by atoms with Crippen LogP contribution in [0.1, 0.15) is 20.8 Å². The Hall–Kier alpha value is -0.940. The number of hydrogen-bond acceptors (Lipinski definition) is 1. The maximum Gasteiger partial charge on any atom is 0.0418 e. The third kappa shape index (κ3) is 9.06. The fraction of sp³-hybridized carbons (Fsp3) is 0.545. The van der Waals surface area contributed by atoms with Crippen molar-refractivity contribution >= 4 is 0 Å². The maximum atomic E-state index is 3.05. The van der Waals surface area contributed by atoms with Gasteiger partial charge in [0.25, 0.3) is 0 Å². The minimum Gasteiger partial charge on any atom is -0.377 e. The predicted octanol–water partition coefficient (Wildman–Crippen LogP) is 2.82. The van der Waals surface area contributed by atoms with Crippen LogP contribution in [0.15, 0.2) is 30.2 Å². The van der Waals surface area contributed by atoms with Gasteiger partial charge in [-0.15, -0.1) is 5.73 Å². The lowest BCUT2D eigenvalue weighted by Gasteiger charge is -2.09. The molecule has 0 bridgehead atoms. The van der Waals surface area contributed by atoms with Crippen molar-refractivity contribution in [2.45, 2.75) is 20.8 Å². The lowest BCUT2D eigenvalue weighted by Crippen LogP contribution is -1.98. The first-order valence-electron chi connectivity index (χ1n) is 4.19. The fourth-order valence-corrected chi connectivity index (χ4v) is 0.584. The summed E-state index contributed by atoms with van der Waals surface area (Å²) in [6.45, 7) is 6.52. The summed E-state index contributed by atoms with van der Waals surface area (Å²) in [5.74, 6) is 0. The Morgan fingerprint density at radius 3 is 2.17 bits per heavy atom. The second kappa shape index (κ2) is 4.84. The van der Waals surface area contributed by atoms with Crippen molar-refractivity contribution in [2.24, 2.45) is 5.41 Å². The first kappa shape index (κ1) is 11.1. The SMILES string of the molecule is CN(C)C=C=C/C=C\C(C)(C)C. The van der Waals surface area contributed by atoms with Crippen LogP contribution in [-0.4, -0.2) is 19.0 Å². The summed E-state index contributed by atoms with van der Waals surface area (Å²) in [6.07, 6.45) is 8.00. The van der Waals surface area contributed by atoms with Crippen molar-refractivity contribution in [3.63, 3.8) is 0 Å². The van der Waals surface area contributed by atoms with Crippen LogP contribution in [0.3, 0.4) is 0 Å². The van der Waals surface area contributed by atoms with Gasteiger partial charge < -0.3 is 4.90 Å². The highest BCUT2D eigenvalue weighted by molar-refractivity contribution is 5.05. The largest absolute Gasteiger partial charge is 0.377 e. The van der Waals surface area contributed by atoms with Crippen LogP contribution < -0.4 is 0 Å². The van der Waals surface area contributed by atoms with Gasteiger partial charge in [0.1, 0.15) is 0 Å². The molecule has 68 valence electrons. The molecule has 0 saturated carbocycles. The van der Waals surface area contributed by atoms with Crippen LogP contribution in [0.5, 0.6) is 0 Å². The molecule has 0 N–H and O–H groups in total. The average Bonchev–Trinajstić information content (AvgIpc) is 1.83. The molecule has 0 saturated heterocycles. The third-order valence-electron chi connectivity index (χ3n) is 1.12. The van der Waals surface area contributed by atoms with E-state index in [1.807, 2.05) is 37.3 Å². The number of hydrogen-bond donors (Lipinski definition) is 0. The molecule has 0 radical (unpaired) electrons. The van der Waals surface area contributed by atoms with Crippen molar-refractivity contribution < 1.29 is 0 Å². The summed E-state index contributed by atoms with van der Waals surface area (Å²) in [4.78, 5) is 1.96. The molecule has 0 aliphatic rings. The summed E-state index contributed by atoms with van der Waals surface area (Å²) >= 11 is 0. The summed E-state index contributed by atoms with van der Waals surface area (Å²) in [5, 5.41) is 0. The van der Waals surface area contributed by atoms with Gasteiger partial charge in [-0.25, -0.2) is 0 Å². The van der Waals surface area contributed by atoms with Crippen LogP contribution >= 0.6 is 0 Å². The molecular formula is C11H19N. The molecule has 0 heterocycles. The second-order valence-corrected chi connectivity index (χ2v) is 4.15. The van der Waals surface area contributed by atoms with Crippen LogP contribution in [0, 0.1) is 5.41 Å². The molecule has 0 amide bonds. The summed E-state index contributed by atoms with van der Waals surface area (Å²) in [7, 11) is 3.96. The van der Waals surface area contributed by atoms with E-state index in [0.717, 1.165) is 0 Å². The predicted molar refractivity (Wildman–Crippen MR) is 54.9 cm³/mol. The molecule has 0 spiro atoms. The van der Waals surface area contributed by atoms with E-state index in [2.05, 4.69) is 32.6 Å². The Balaban J connectivity index is 3.98. The summed E-state index contributed by atoms with van der Waals surface area (Å²) in [6, 6.07) is 0. The van der Waals surface area contributed by atoms with Gasteiger partial charge in [-0.3, -0.25) is 0 Å². The van der Waals surface area contributed by atoms with E-state index >= 15 is 0 Å². The monoisotopic (exact) mass is 165 g/mol. The molecule has 0 unspecified atom stereocenters. The van der Waals surface area contributed by atoms with E-state index in [1.165, 1.54) is 0 Å². The minimum absolute atomic E-state index is 0.260. The highest BCUT2D eigenvalue weighted by Crippen LogP contribution is 2.13. The average molecular weight is 165 g/mol. The van der Waals surface area contributed by atoms with Gasteiger partial charge in [-0.05, 0) is 11.5 Å². The normalized spacial score (nSPS) is 11.1. The fourth-order valence-electron chi connectivity index (χ4n) is 0.584. The zero-order valence-corrected chi connectivity index (χ0v) is 8.76. The molecule has 12 heavy (non-hydrogen) atoms. The smallest absolute Gasteiger partial charge is 0.0418 e. The molecule has 0 rings (SSSR count). The minimum atomic E-state index is 0.260. The van der Waals surface area contributed by atoms with Gasteiger partial charge in [-0.1, -0.05) is 32.9 Å². The number of nitrogens with zero attached hydrogens (tertiary/aromatic N) is 1. The highest BCUT2D eigenvalue weighted by Gasteiger charge is 2.01. The second-order valence-electron chi connectivity index (χ2n) is 4.15. The third-order valence-corrected chi connectivity index (χ3v) is 1.12. The molecule has 0 aromatic rings. The number of allylic oxidation sites excluding steroid dienone is 3. The lowest BCUT2D eigenvalue weighted by molar-refractivity contribution is 0.544. The van der Waals surface area contributed by atoms with E-state index < -0.39 is 0 Å². The lowest BCUT2D eigenvalue weighted by atomic mass is 9.96. The van der Waals surface area contributed by atoms with Gasteiger partial charge in [0.2, 0.25) is 0 Å². The molecule has 0 fully saturated rings. The van der Waals surface area contributed by atoms with E-state index in [-0.39, 0.29) is 5.41 Å². The van der Waals surface area contributed by atoms with E-state index in [0.29, 0.717) is 0 Å². The molecule has 0 aromatic carbocycles. The van der Waals surface area contributed by atoms with Crippen molar-refractivity contribution in [3.05, 3.63) is 30.2 Å². The zero-order chi connectivity index (χ0) is 9.61. The first-order chi connectivity index (χ1) is 5.42. The molecule has 0 atom stereocenters. The Morgan fingerprint density at radius 1 is 1.17 bits per heavy atom. The maximum absolute atomic E-state index is 3.05. The molecule has 1 heteroatoms. The molecule has 0 aliphatic heterocycles. The van der Waals surface area contributed by atoms with Gasteiger partial charge in [0.05, 0.1) is 0 Å². The quantitative estimate of drug-likeness (QED) is 0.449. The van der Waals surface area contributed by atoms with E-state index in [4.69, 9.17) is 0 Å². The number of rotatable bonds is 2. The zero-order valence-electron chi connectivity index (χ0n) is 8.76. The molecule has 0 aliphatic carbocycles. The Bertz CT molecular complexity index is 198. The van der Waals surface area contributed by atoms with Crippen molar-refractivity contribution in [1.29, 1.82) is 0 Å². The van der Waals surface area contributed by atoms with Crippen LogP contribution in [-0.2, 0) is 0 Å². The molecule has 1 nitrogen and oxygen atoms in total. The van der Waals surface area contributed by atoms with Crippen LogP contribution in [0.25, 0.3) is 0 Å². The topological polar surface area (TPSA) is 3.24 Å². The molecule has 0 aromatic heterocycles. The Morgan fingerprint density at radius 2 is 1.75 bits per heavy atom. The van der Waals surface area contributed by atoms with Crippen LogP contribution in [0.2, 0.25) is 0 Å². The van der Waals surface area contributed by atoms with Gasteiger partial charge >= 0.3 is 0 Å². The summed E-state index contributed by atoms with van der Waals surface area (Å²) < 4.78 is 0. The van der Waals surface area contributed by atoms with Gasteiger partial charge in [0.15, 0.2) is 0 Å². The van der Waals surface area contributed by atoms with Crippen molar-refractivity contribution in [1.82, 2.24) is 4.90 Å². The van der Waals surface area contributed by atoms with Crippen molar-refractivity contribution in [2.75, 3.05) is 14.1 Å². The Labute approximate surface area is 76.1 Å². The standard InChI is InChI=1S/C11H19N/c1-11(2,3)9-7-6-8-10-12(4)5/h6-7,9-10H,1-5H3/b9-7-. The summed E-state index contributed by atoms with van der Waals surface area (Å²) in [5.41, 5.74) is 3.31. The van der Waals surface area contributed by atoms with Gasteiger partial charge in [0, 0.05) is 20.3 Å².